The molecule has 1 aromatic rings. The van der Waals surface area contributed by atoms with Crippen molar-refractivity contribution in [1.82, 2.24) is 0 Å². The Balaban J connectivity index is 2.74. The first-order valence-corrected chi connectivity index (χ1v) is 7.14. The third-order valence-corrected chi connectivity index (χ3v) is 3.09. The van der Waals surface area contributed by atoms with E-state index in [-0.39, 0.29) is 0 Å². The summed E-state index contributed by atoms with van der Waals surface area (Å²) in [7, 11) is 0. The summed E-state index contributed by atoms with van der Waals surface area (Å²) in [5.41, 5.74) is 3.51. The molecule has 0 spiro atoms. The molecule has 1 aromatic carbocycles. The summed E-state index contributed by atoms with van der Waals surface area (Å²) in [6.07, 6.45) is 9.28. The fourth-order valence-corrected chi connectivity index (χ4v) is 2.14. The monoisotopic (exact) mass is 253 g/mol. The van der Waals surface area contributed by atoms with Crippen molar-refractivity contribution in [3.8, 4) is 6.07 Å². The van der Waals surface area contributed by atoms with E-state index < -0.39 is 0 Å². The maximum Gasteiger partial charge on any atom is 0.0946 e. The average molecular weight is 253 g/mol. The highest BCUT2D eigenvalue weighted by Gasteiger charge is 2.03. The van der Waals surface area contributed by atoms with Gasteiger partial charge in [-0.3, -0.25) is 0 Å². The van der Waals surface area contributed by atoms with Gasteiger partial charge in [-0.25, -0.2) is 0 Å². The van der Waals surface area contributed by atoms with Gasteiger partial charge in [0.1, 0.15) is 0 Å². The maximum absolute atomic E-state index is 9.24. The highest BCUT2D eigenvalue weighted by atomic mass is 14.3. The van der Waals surface area contributed by atoms with Crippen molar-refractivity contribution in [3.05, 3.63) is 53.1 Å². The van der Waals surface area contributed by atoms with Crippen molar-refractivity contribution in [1.29, 1.82) is 5.26 Å². The lowest BCUT2D eigenvalue weighted by atomic mass is 9.97. The third-order valence-electron chi connectivity index (χ3n) is 3.09. The van der Waals surface area contributed by atoms with Crippen LogP contribution in [0.2, 0.25) is 0 Å². The van der Waals surface area contributed by atoms with Crippen LogP contribution in [0.15, 0.2) is 47.6 Å². The van der Waals surface area contributed by atoms with E-state index in [0.717, 1.165) is 37.7 Å². The number of nitrogens with zero attached hydrogens (tertiary/aromatic N) is 1. The Morgan fingerprint density at radius 2 is 1.79 bits per heavy atom. The Kier molecular flexibility index (Phi) is 7.35. The molecule has 1 heteroatoms. The highest BCUT2D eigenvalue weighted by molar-refractivity contribution is 5.49. The van der Waals surface area contributed by atoms with Gasteiger partial charge in [0.15, 0.2) is 0 Å². The van der Waals surface area contributed by atoms with Gasteiger partial charge in [-0.1, -0.05) is 74.7 Å². The van der Waals surface area contributed by atoms with Crippen molar-refractivity contribution in [2.75, 3.05) is 0 Å². The minimum Gasteiger partial charge on any atom is -0.193 e. The lowest BCUT2D eigenvalue weighted by molar-refractivity contribution is 0.835. The fraction of sp³-hybridized carbons (Fsp3) is 0.389. The predicted molar refractivity (Wildman–Crippen MR) is 82.5 cm³/mol. The molecule has 0 aliphatic carbocycles. The lowest BCUT2D eigenvalue weighted by Gasteiger charge is -2.06. The average Bonchev–Trinajstić information content (AvgIpc) is 2.45. The van der Waals surface area contributed by atoms with Gasteiger partial charge in [0, 0.05) is 5.57 Å². The summed E-state index contributed by atoms with van der Waals surface area (Å²) >= 11 is 0. The molecule has 100 valence electrons. The molecule has 0 amide bonds. The van der Waals surface area contributed by atoms with Crippen molar-refractivity contribution in [2.45, 2.75) is 46.0 Å². The van der Waals surface area contributed by atoms with Crippen LogP contribution in [0.25, 0.3) is 6.08 Å². The van der Waals surface area contributed by atoms with Crippen LogP contribution in [-0.4, -0.2) is 0 Å². The molecule has 0 aliphatic heterocycles. The first-order chi connectivity index (χ1) is 9.31. The van der Waals surface area contributed by atoms with E-state index in [0.29, 0.717) is 0 Å². The molecule has 0 bridgehead atoms. The van der Waals surface area contributed by atoms with E-state index in [1.54, 1.807) is 0 Å². The molecule has 0 radical (unpaired) electrons. The van der Waals surface area contributed by atoms with E-state index >= 15 is 0 Å². The zero-order valence-electron chi connectivity index (χ0n) is 12.0. The van der Waals surface area contributed by atoms with Crippen LogP contribution < -0.4 is 0 Å². The molecule has 0 aliphatic rings. The molecule has 0 saturated carbocycles. The Hall–Kier alpha value is -1.81. The minimum absolute atomic E-state index is 0.894. The predicted octanol–water partition coefficient (Wildman–Crippen LogP) is 5.51. The topological polar surface area (TPSA) is 23.8 Å². The third kappa shape index (κ3) is 5.57. The van der Waals surface area contributed by atoms with Gasteiger partial charge in [0.2, 0.25) is 0 Å². The first kappa shape index (κ1) is 15.2. The molecule has 0 fully saturated rings. The molecular weight excluding hydrogens is 230 g/mol. The van der Waals surface area contributed by atoms with Crippen LogP contribution in [0.3, 0.4) is 0 Å². The van der Waals surface area contributed by atoms with E-state index in [2.05, 4.69) is 44.2 Å². The molecule has 0 saturated heterocycles. The first-order valence-electron chi connectivity index (χ1n) is 7.14. The summed E-state index contributed by atoms with van der Waals surface area (Å²) in [4.78, 5) is 0. The Morgan fingerprint density at radius 1 is 1.11 bits per heavy atom. The Bertz CT molecular complexity index is 460. The second-order valence-electron chi connectivity index (χ2n) is 4.71. The van der Waals surface area contributed by atoms with Crippen LogP contribution in [0.1, 0.15) is 51.5 Å². The molecule has 0 N–H and O–H groups in total. The SMILES string of the molecule is CCC/C(C#N)=C(/C/C=C/c1ccccc1)CCC. The summed E-state index contributed by atoms with van der Waals surface area (Å²) in [5, 5.41) is 9.24. The van der Waals surface area contributed by atoms with Crippen LogP contribution in [0.4, 0.5) is 0 Å². The number of allylic oxidation sites excluding steroid dienone is 3. The zero-order valence-corrected chi connectivity index (χ0v) is 12.0. The number of benzene rings is 1. The van der Waals surface area contributed by atoms with E-state index in [9.17, 15) is 5.26 Å². The largest absolute Gasteiger partial charge is 0.193 e. The maximum atomic E-state index is 9.24. The van der Waals surface area contributed by atoms with Crippen molar-refractivity contribution < 1.29 is 0 Å². The Labute approximate surface area is 117 Å². The van der Waals surface area contributed by atoms with Crippen molar-refractivity contribution >= 4 is 6.08 Å². The van der Waals surface area contributed by atoms with Gasteiger partial charge in [-0.2, -0.15) is 5.26 Å². The van der Waals surface area contributed by atoms with Gasteiger partial charge in [-0.05, 0) is 24.8 Å². The standard InChI is InChI=1S/C18H23N/c1-3-9-17(18(15-19)10-4-2)14-8-13-16-11-6-5-7-12-16/h5-8,11-13H,3-4,9-10,14H2,1-2H3/b13-8+,18-17-. The fourth-order valence-electron chi connectivity index (χ4n) is 2.14. The second kappa shape index (κ2) is 9.16. The van der Waals surface area contributed by atoms with Gasteiger partial charge in [-0.15, -0.1) is 0 Å². The van der Waals surface area contributed by atoms with Crippen molar-refractivity contribution in [3.63, 3.8) is 0 Å². The molecular formula is C18H23N. The summed E-state index contributed by atoms with van der Waals surface area (Å²) < 4.78 is 0. The van der Waals surface area contributed by atoms with Crippen LogP contribution in [-0.2, 0) is 0 Å². The van der Waals surface area contributed by atoms with E-state index in [1.165, 1.54) is 11.1 Å². The molecule has 1 rings (SSSR count). The summed E-state index contributed by atoms with van der Waals surface area (Å²) in [5.74, 6) is 0. The van der Waals surface area contributed by atoms with Gasteiger partial charge in [0.25, 0.3) is 0 Å². The van der Waals surface area contributed by atoms with E-state index in [1.807, 2.05) is 18.2 Å². The van der Waals surface area contributed by atoms with Crippen LogP contribution >= 0.6 is 0 Å². The lowest BCUT2D eigenvalue weighted by Crippen LogP contribution is -1.90. The van der Waals surface area contributed by atoms with Gasteiger partial charge >= 0.3 is 0 Å². The normalized spacial score (nSPS) is 12.3. The number of rotatable bonds is 7. The number of nitriles is 1. The van der Waals surface area contributed by atoms with Crippen LogP contribution in [0, 0.1) is 11.3 Å². The zero-order chi connectivity index (χ0) is 13.9. The molecule has 19 heavy (non-hydrogen) atoms. The highest BCUT2D eigenvalue weighted by Crippen LogP contribution is 2.20. The molecule has 1 nitrogen and oxygen atoms in total. The van der Waals surface area contributed by atoms with Gasteiger partial charge in [0.05, 0.1) is 6.07 Å². The minimum atomic E-state index is 0.894. The number of hydrogen-bond acceptors (Lipinski definition) is 1. The quantitative estimate of drug-likeness (QED) is 0.588. The van der Waals surface area contributed by atoms with Crippen molar-refractivity contribution in [2.24, 2.45) is 0 Å². The van der Waals surface area contributed by atoms with E-state index in [4.69, 9.17) is 0 Å². The number of hydrogen-bond donors (Lipinski definition) is 0. The van der Waals surface area contributed by atoms with Crippen LogP contribution in [0.5, 0.6) is 0 Å². The van der Waals surface area contributed by atoms with Gasteiger partial charge < -0.3 is 0 Å². The smallest absolute Gasteiger partial charge is 0.0946 e. The molecule has 0 unspecified atom stereocenters. The second-order valence-corrected chi connectivity index (χ2v) is 4.71. The molecule has 0 heterocycles. The summed E-state index contributed by atoms with van der Waals surface area (Å²) in [6, 6.07) is 12.7. The summed E-state index contributed by atoms with van der Waals surface area (Å²) in [6.45, 7) is 4.29. The Morgan fingerprint density at radius 3 is 2.37 bits per heavy atom. The molecule has 0 atom stereocenters. The molecule has 0 aromatic heterocycles.